The highest BCUT2D eigenvalue weighted by atomic mass is 79.9. The second-order valence-electron chi connectivity index (χ2n) is 13.2. The summed E-state index contributed by atoms with van der Waals surface area (Å²) < 4.78 is 17.6. The van der Waals surface area contributed by atoms with E-state index in [-0.39, 0.29) is 18.7 Å². The van der Waals surface area contributed by atoms with E-state index in [0.717, 1.165) is 51.0 Å². The van der Waals surface area contributed by atoms with Crippen LogP contribution >= 0.6 is 27.3 Å². The molecule has 4 rings (SSSR count). The number of amides is 2. The Hall–Kier alpha value is -2.86. The van der Waals surface area contributed by atoms with Crippen molar-refractivity contribution in [2.24, 2.45) is 0 Å². The summed E-state index contributed by atoms with van der Waals surface area (Å²) in [5, 5.41) is 2.98. The molecule has 1 aliphatic rings. The molecule has 44 heavy (non-hydrogen) atoms. The highest BCUT2D eigenvalue weighted by Gasteiger charge is 2.28. The van der Waals surface area contributed by atoms with E-state index < -0.39 is 19.8 Å². The van der Waals surface area contributed by atoms with Crippen LogP contribution in [0.5, 0.6) is 5.75 Å². The van der Waals surface area contributed by atoms with Crippen molar-refractivity contribution in [1.82, 2.24) is 5.32 Å². The van der Waals surface area contributed by atoms with Gasteiger partial charge < -0.3 is 24.4 Å². The maximum absolute atomic E-state index is 14.0. The van der Waals surface area contributed by atoms with Crippen molar-refractivity contribution < 1.29 is 23.8 Å². The molecule has 1 aromatic heterocycles. The lowest BCUT2D eigenvalue weighted by Crippen LogP contribution is -2.40. The lowest BCUT2D eigenvalue weighted by Gasteiger charge is -2.26. The van der Waals surface area contributed by atoms with Crippen LogP contribution in [0.1, 0.15) is 36.9 Å². The van der Waals surface area contributed by atoms with Crippen molar-refractivity contribution in [2.45, 2.75) is 64.5 Å². The number of nitrogens with one attached hydrogen (secondary N) is 1. The number of ether oxygens (including phenoxy) is 3. The van der Waals surface area contributed by atoms with E-state index in [0.29, 0.717) is 18.0 Å². The van der Waals surface area contributed by atoms with Gasteiger partial charge in [-0.1, -0.05) is 19.6 Å². The third-order valence-corrected chi connectivity index (χ3v) is 10.6. The van der Waals surface area contributed by atoms with Gasteiger partial charge in [0.25, 0.3) is 5.91 Å². The fourth-order valence-electron chi connectivity index (χ4n) is 4.77. The first-order valence-corrected chi connectivity index (χ1v) is 20.2. The first kappa shape index (κ1) is 34.0. The van der Waals surface area contributed by atoms with Crippen molar-refractivity contribution in [3.8, 4) is 16.2 Å². The minimum Gasteiger partial charge on any atom is -0.497 e. The van der Waals surface area contributed by atoms with E-state index in [1.165, 1.54) is 11.3 Å². The molecule has 11 heteroatoms. The van der Waals surface area contributed by atoms with E-state index in [4.69, 9.17) is 14.2 Å². The highest BCUT2D eigenvalue weighted by Crippen LogP contribution is 2.35. The summed E-state index contributed by atoms with van der Waals surface area (Å²) >= 11 is 5.22. The number of methoxy groups -OCH3 is 1. The molecular formula is C33H44BrN3O5SSi. The van der Waals surface area contributed by atoms with Crippen LogP contribution in [0.25, 0.3) is 10.4 Å². The normalized spacial score (nSPS) is 15.3. The molecule has 238 valence electrons. The van der Waals surface area contributed by atoms with E-state index in [2.05, 4.69) is 45.8 Å². The Labute approximate surface area is 274 Å². The molecule has 2 amide bonds. The van der Waals surface area contributed by atoms with Gasteiger partial charge in [0.15, 0.2) is 0 Å². The average Bonchev–Trinajstić information content (AvgIpc) is 3.62. The Morgan fingerprint density at radius 3 is 2.45 bits per heavy atom. The smallest absolute Gasteiger partial charge is 0.407 e. The van der Waals surface area contributed by atoms with Gasteiger partial charge in [-0.15, -0.1) is 11.3 Å². The molecule has 0 bridgehead atoms. The molecule has 1 N–H and O–H groups in total. The van der Waals surface area contributed by atoms with Crippen LogP contribution in [-0.2, 0) is 9.47 Å². The van der Waals surface area contributed by atoms with E-state index >= 15 is 0 Å². The summed E-state index contributed by atoms with van der Waals surface area (Å²) in [7, 11) is 0.360. The van der Waals surface area contributed by atoms with Crippen LogP contribution in [0.2, 0.25) is 25.7 Å². The molecule has 2 heterocycles. The van der Waals surface area contributed by atoms with Crippen molar-refractivity contribution >= 4 is 58.7 Å². The maximum Gasteiger partial charge on any atom is 0.407 e. The Morgan fingerprint density at radius 2 is 1.82 bits per heavy atom. The molecule has 1 fully saturated rings. The van der Waals surface area contributed by atoms with Gasteiger partial charge >= 0.3 is 6.09 Å². The molecule has 8 nitrogen and oxygen atoms in total. The van der Waals surface area contributed by atoms with Gasteiger partial charge in [0, 0.05) is 42.8 Å². The van der Waals surface area contributed by atoms with Crippen LogP contribution in [-0.4, -0.2) is 65.3 Å². The number of anilines is 2. The molecule has 1 aliphatic heterocycles. The van der Waals surface area contributed by atoms with Crippen LogP contribution < -0.4 is 19.9 Å². The quantitative estimate of drug-likeness (QED) is 0.123. The molecule has 1 atom stereocenters. The molecule has 0 saturated carbocycles. The summed E-state index contributed by atoms with van der Waals surface area (Å²) in [6.07, 6.45) is 0.427. The number of carbonyl (C=O) groups excluding carboxylic acids is 2. The Bertz CT molecular complexity index is 1430. The number of rotatable bonds is 11. The Morgan fingerprint density at radius 1 is 1.09 bits per heavy atom. The van der Waals surface area contributed by atoms with E-state index in [9.17, 15) is 9.59 Å². The number of alkyl carbamates (subject to hydrolysis) is 1. The van der Waals surface area contributed by atoms with Crippen LogP contribution in [0.4, 0.5) is 16.2 Å². The zero-order valence-electron chi connectivity index (χ0n) is 26.7. The van der Waals surface area contributed by atoms with Gasteiger partial charge in [0.05, 0.1) is 23.7 Å². The van der Waals surface area contributed by atoms with E-state index in [1.54, 1.807) is 12.0 Å². The molecule has 2 aromatic carbocycles. The molecule has 0 unspecified atom stereocenters. The second-order valence-corrected chi connectivity index (χ2v) is 20.7. The van der Waals surface area contributed by atoms with Crippen LogP contribution in [0.15, 0.2) is 59.1 Å². The first-order valence-electron chi connectivity index (χ1n) is 14.9. The number of thiophene rings is 1. The van der Waals surface area contributed by atoms with Gasteiger partial charge in [-0.05, 0) is 109 Å². The van der Waals surface area contributed by atoms with Gasteiger partial charge in [-0.2, -0.15) is 0 Å². The monoisotopic (exact) mass is 701 g/mol. The molecule has 0 radical (unpaired) electrons. The fourth-order valence-corrected chi connectivity index (χ4v) is 7.06. The summed E-state index contributed by atoms with van der Waals surface area (Å²) in [5.74, 6) is 0.680. The summed E-state index contributed by atoms with van der Waals surface area (Å²) in [5.41, 5.74) is 2.25. The predicted octanol–water partition coefficient (Wildman–Crippen LogP) is 8.25. The first-order chi connectivity index (χ1) is 20.7. The van der Waals surface area contributed by atoms with E-state index in [1.807, 2.05) is 75.4 Å². The van der Waals surface area contributed by atoms with Crippen molar-refractivity contribution in [1.29, 1.82) is 0 Å². The number of carbonyl (C=O) groups is 2. The summed E-state index contributed by atoms with van der Waals surface area (Å²) in [6.45, 7) is 14.8. The standard InChI is InChI=1S/C33H44BrN3O5SSi/c1-33(2,3)42-32(39)35-24-16-17-36(21-24)25-10-13-28(27(34)20-25)37(22-41-18-19-44(5,6)7)31(38)30-15-14-29(43-30)23-8-11-26(40-4)12-9-23/h8-15,20,24H,16-19,21-22H2,1-7H3,(H,35,39)/t24-/m0/s1. The number of benzene rings is 2. The van der Waals surface area contributed by atoms with Crippen molar-refractivity contribution in [3.63, 3.8) is 0 Å². The topological polar surface area (TPSA) is 80.3 Å². The van der Waals surface area contributed by atoms with Crippen molar-refractivity contribution in [2.75, 3.05) is 43.3 Å². The number of hydrogen-bond acceptors (Lipinski definition) is 7. The second kappa shape index (κ2) is 14.5. The lowest BCUT2D eigenvalue weighted by molar-refractivity contribution is 0.0508. The zero-order chi connectivity index (χ0) is 32.1. The van der Waals surface area contributed by atoms with Gasteiger partial charge in [0.1, 0.15) is 18.1 Å². The minimum atomic E-state index is -1.29. The lowest BCUT2D eigenvalue weighted by atomic mass is 10.2. The Kier molecular flexibility index (Phi) is 11.2. The number of hydrogen-bond donors (Lipinski definition) is 1. The summed E-state index contributed by atoms with van der Waals surface area (Å²) in [4.78, 5) is 31.8. The van der Waals surface area contributed by atoms with Crippen molar-refractivity contribution in [3.05, 3.63) is 63.9 Å². The SMILES string of the molecule is COc1ccc(-c2ccc(C(=O)N(COCC[Si](C)(C)C)c3ccc(N4CC[C@H](NC(=O)OC(C)(C)C)C4)cc3Br)s2)cc1. The maximum atomic E-state index is 14.0. The zero-order valence-corrected chi connectivity index (χ0v) is 30.1. The Balaban J connectivity index is 1.51. The molecular weight excluding hydrogens is 658 g/mol. The fraction of sp³-hybridized carbons (Fsp3) is 0.455. The minimum absolute atomic E-state index is 0.000119. The molecule has 0 spiro atoms. The number of halogens is 1. The third kappa shape index (κ3) is 9.57. The third-order valence-electron chi connectivity index (χ3n) is 7.15. The molecule has 1 saturated heterocycles. The largest absolute Gasteiger partial charge is 0.497 e. The van der Waals surface area contributed by atoms with Crippen LogP contribution in [0, 0.1) is 0 Å². The highest BCUT2D eigenvalue weighted by molar-refractivity contribution is 9.10. The van der Waals surface area contributed by atoms with Gasteiger partial charge in [-0.25, -0.2) is 4.79 Å². The van der Waals surface area contributed by atoms with Crippen LogP contribution in [0.3, 0.4) is 0 Å². The van der Waals surface area contributed by atoms with Gasteiger partial charge in [0.2, 0.25) is 0 Å². The number of nitrogens with zero attached hydrogens (tertiary/aromatic N) is 2. The molecule has 0 aliphatic carbocycles. The van der Waals surface area contributed by atoms with Gasteiger partial charge in [-0.3, -0.25) is 9.69 Å². The molecule has 3 aromatic rings. The average molecular weight is 703 g/mol. The summed E-state index contributed by atoms with van der Waals surface area (Å²) in [6, 6.07) is 18.7. The predicted molar refractivity (Wildman–Crippen MR) is 186 cm³/mol.